The van der Waals surface area contributed by atoms with Gasteiger partial charge in [-0.1, -0.05) is 24.3 Å². The number of methoxy groups -OCH3 is 1. The number of nitrogens with two attached hydrogens (primary N) is 1. The zero-order chi connectivity index (χ0) is 14.1. The number of hydrogen-bond acceptors (Lipinski definition) is 3. The first-order valence-corrected chi connectivity index (χ1v) is 7.03. The Hall–Kier alpha value is -0.900. The Morgan fingerprint density at radius 3 is 2.79 bits per heavy atom. The van der Waals surface area contributed by atoms with Crippen molar-refractivity contribution < 1.29 is 9.84 Å². The molecule has 0 saturated carbocycles. The zero-order valence-corrected chi connectivity index (χ0v) is 12.1. The Morgan fingerprint density at radius 1 is 1.47 bits per heavy atom. The predicted molar refractivity (Wildman–Crippen MR) is 77.2 cm³/mol. The zero-order valence-electron chi connectivity index (χ0n) is 12.1. The van der Waals surface area contributed by atoms with Crippen LogP contribution >= 0.6 is 0 Å². The first kappa shape index (κ1) is 14.5. The number of ether oxygens (including phenoxy) is 1. The first-order chi connectivity index (χ1) is 8.99. The molecule has 0 radical (unpaired) electrons. The van der Waals surface area contributed by atoms with E-state index < -0.39 is 11.0 Å². The number of hydrogen-bond donors (Lipinski definition) is 2. The molecule has 3 nitrogen and oxygen atoms in total. The summed E-state index contributed by atoms with van der Waals surface area (Å²) in [5.41, 5.74) is 7.22. The number of benzene rings is 1. The maximum atomic E-state index is 11.1. The maximum absolute atomic E-state index is 11.1. The molecule has 0 fully saturated rings. The molecule has 0 bridgehead atoms. The van der Waals surface area contributed by atoms with Gasteiger partial charge < -0.3 is 15.6 Å². The molecule has 106 valence electrons. The van der Waals surface area contributed by atoms with Crippen LogP contribution in [0.3, 0.4) is 0 Å². The normalized spacial score (nSPS) is 27.4. The molecule has 0 spiro atoms. The van der Waals surface area contributed by atoms with Gasteiger partial charge in [0.25, 0.3) is 0 Å². The summed E-state index contributed by atoms with van der Waals surface area (Å²) in [6, 6.07) is 8.34. The summed E-state index contributed by atoms with van der Waals surface area (Å²) < 4.78 is 5.40. The minimum Gasteiger partial charge on any atom is -0.386 e. The van der Waals surface area contributed by atoms with Gasteiger partial charge in [0.05, 0.1) is 11.7 Å². The molecule has 0 saturated heterocycles. The van der Waals surface area contributed by atoms with Crippen molar-refractivity contribution in [1.29, 1.82) is 0 Å². The smallest absolute Gasteiger partial charge is 0.0985 e. The second kappa shape index (κ2) is 5.23. The van der Waals surface area contributed by atoms with Crippen LogP contribution in [0, 0.1) is 0 Å². The van der Waals surface area contributed by atoms with Gasteiger partial charge >= 0.3 is 0 Å². The van der Waals surface area contributed by atoms with Gasteiger partial charge in [0, 0.05) is 19.1 Å². The van der Waals surface area contributed by atoms with E-state index in [1.54, 1.807) is 7.11 Å². The lowest BCUT2D eigenvalue weighted by atomic mass is 9.59. The van der Waals surface area contributed by atoms with Gasteiger partial charge in [0.1, 0.15) is 0 Å². The lowest BCUT2D eigenvalue weighted by molar-refractivity contribution is -0.124. The van der Waals surface area contributed by atoms with E-state index in [1.165, 1.54) is 11.1 Å². The minimum absolute atomic E-state index is 0.262. The third-order valence-electron chi connectivity index (χ3n) is 5.05. The molecule has 0 aliphatic heterocycles. The monoisotopic (exact) mass is 263 g/mol. The van der Waals surface area contributed by atoms with Crippen molar-refractivity contribution in [2.45, 2.75) is 50.2 Å². The number of rotatable bonds is 4. The standard InChI is InChI=1S/C16H25NO2/c1-12(19-3)15(2,18)16(11-17)10-6-8-13-7-4-5-9-14(13)16/h4-5,7,9,12,18H,6,8,10-11,17H2,1-3H3. The summed E-state index contributed by atoms with van der Waals surface area (Å²) in [6.07, 6.45) is 2.76. The van der Waals surface area contributed by atoms with E-state index in [0.29, 0.717) is 6.54 Å². The van der Waals surface area contributed by atoms with E-state index in [9.17, 15) is 5.11 Å². The summed E-state index contributed by atoms with van der Waals surface area (Å²) in [4.78, 5) is 0. The van der Waals surface area contributed by atoms with Gasteiger partial charge in [-0.25, -0.2) is 0 Å². The maximum Gasteiger partial charge on any atom is 0.0985 e. The van der Waals surface area contributed by atoms with Crippen LogP contribution in [0.1, 0.15) is 37.8 Å². The van der Waals surface area contributed by atoms with Crippen LogP contribution in [-0.2, 0) is 16.6 Å². The second-order valence-corrected chi connectivity index (χ2v) is 5.82. The van der Waals surface area contributed by atoms with E-state index in [1.807, 2.05) is 19.9 Å². The second-order valence-electron chi connectivity index (χ2n) is 5.82. The molecule has 1 aliphatic carbocycles. The molecule has 1 aromatic carbocycles. The molecule has 3 atom stereocenters. The van der Waals surface area contributed by atoms with Crippen molar-refractivity contribution in [2.75, 3.05) is 13.7 Å². The quantitative estimate of drug-likeness (QED) is 0.873. The Labute approximate surface area is 115 Å². The highest BCUT2D eigenvalue weighted by molar-refractivity contribution is 5.40. The molecular formula is C16H25NO2. The van der Waals surface area contributed by atoms with Crippen LogP contribution in [0.2, 0.25) is 0 Å². The van der Waals surface area contributed by atoms with Crippen molar-refractivity contribution in [3.05, 3.63) is 35.4 Å². The van der Waals surface area contributed by atoms with Gasteiger partial charge in [0.15, 0.2) is 0 Å². The van der Waals surface area contributed by atoms with Gasteiger partial charge in [-0.05, 0) is 44.2 Å². The highest BCUT2D eigenvalue weighted by atomic mass is 16.5. The van der Waals surface area contributed by atoms with Crippen molar-refractivity contribution >= 4 is 0 Å². The Bertz CT molecular complexity index is 444. The van der Waals surface area contributed by atoms with Gasteiger partial charge in [0.2, 0.25) is 0 Å². The fourth-order valence-corrected chi connectivity index (χ4v) is 3.48. The third-order valence-corrected chi connectivity index (χ3v) is 5.05. The molecule has 1 aromatic rings. The van der Waals surface area contributed by atoms with Crippen LogP contribution < -0.4 is 5.73 Å². The van der Waals surface area contributed by atoms with E-state index in [0.717, 1.165) is 19.3 Å². The van der Waals surface area contributed by atoms with Crippen molar-refractivity contribution in [1.82, 2.24) is 0 Å². The molecule has 0 heterocycles. The predicted octanol–water partition coefficient (Wildman–Crippen LogP) is 2.01. The number of fused-ring (bicyclic) bond motifs is 1. The fourth-order valence-electron chi connectivity index (χ4n) is 3.48. The van der Waals surface area contributed by atoms with Crippen LogP contribution in [0.5, 0.6) is 0 Å². The SMILES string of the molecule is COC(C)C(C)(O)C1(CN)CCCc2ccccc21. The van der Waals surface area contributed by atoms with Crippen LogP contribution in [0.15, 0.2) is 24.3 Å². The molecule has 2 rings (SSSR count). The van der Waals surface area contributed by atoms with Gasteiger partial charge in [-0.2, -0.15) is 0 Å². The van der Waals surface area contributed by atoms with E-state index in [2.05, 4.69) is 18.2 Å². The highest BCUT2D eigenvalue weighted by Crippen LogP contribution is 2.46. The summed E-state index contributed by atoms with van der Waals surface area (Å²) in [6.45, 7) is 4.20. The van der Waals surface area contributed by atoms with Crippen LogP contribution in [-0.4, -0.2) is 30.5 Å². The minimum atomic E-state index is -0.979. The number of aryl methyl sites for hydroxylation is 1. The lowest BCUT2D eigenvalue weighted by Gasteiger charge is -2.50. The Balaban J connectivity index is 2.56. The molecule has 1 aliphatic rings. The first-order valence-electron chi connectivity index (χ1n) is 7.03. The topological polar surface area (TPSA) is 55.5 Å². The van der Waals surface area contributed by atoms with Crippen molar-refractivity contribution in [2.24, 2.45) is 5.73 Å². The molecule has 3 heteroatoms. The van der Waals surface area contributed by atoms with Gasteiger partial charge in [-0.3, -0.25) is 0 Å². The molecule has 3 N–H and O–H groups in total. The average Bonchev–Trinajstić information content (AvgIpc) is 2.45. The fraction of sp³-hybridized carbons (Fsp3) is 0.625. The Morgan fingerprint density at radius 2 is 2.16 bits per heavy atom. The lowest BCUT2D eigenvalue weighted by Crippen LogP contribution is -2.61. The summed E-state index contributed by atoms with van der Waals surface area (Å²) >= 11 is 0. The van der Waals surface area contributed by atoms with E-state index >= 15 is 0 Å². The van der Waals surface area contributed by atoms with Gasteiger partial charge in [-0.15, -0.1) is 0 Å². The van der Waals surface area contributed by atoms with Crippen LogP contribution in [0.25, 0.3) is 0 Å². The molecule has 0 aromatic heterocycles. The van der Waals surface area contributed by atoms with Crippen molar-refractivity contribution in [3.63, 3.8) is 0 Å². The Kier molecular flexibility index (Phi) is 4.00. The molecule has 19 heavy (non-hydrogen) atoms. The summed E-state index contributed by atoms with van der Waals surface area (Å²) in [7, 11) is 1.64. The molecule has 3 unspecified atom stereocenters. The molecular weight excluding hydrogens is 238 g/mol. The van der Waals surface area contributed by atoms with Crippen molar-refractivity contribution in [3.8, 4) is 0 Å². The average molecular weight is 263 g/mol. The third kappa shape index (κ3) is 2.10. The number of aliphatic hydroxyl groups is 1. The summed E-state index contributed by atoms with van der Waals surface area (Å²) in [5.74, 6) is 0. The summed E-state index contributed by atoms with van der Waals surface area (Å²) in [5, 5.41) is 11.1. The van der Waals surface area contributed by atoms with E-state index in [4.69, 9.17) is 10.5 Å². The molecule has 0 amide bonds. The highest BCUT2D eigenvalue weighted by Gasteiger charge is 2.52. The van der Waals surface area contributed by atoms with E-state index in [-0.39, 0.29) is 6.10 Å². The van der Waals surface area contributed by atoms with Crippen LogP contribution in [0.4, 0.5) is 0 Å². The largest absolute Gasteiger partial charge is 0.386 e.